The third kappa shape index (κ3) is 14.0. The largest absolute Gasteiger partial charge is 0.531 e. The molecule has 5 nitrogen and oxygen atoms in total. The summed E-state index contributed by atoms with van der Waals surface area (Å²) in [4.78, 5) is 0. The highest BCUT2D eigenvalue weighted by Gasteiger charge is 2.61. The Bertz CT molecular complexity index is 621. The van der Waals surface area contributed by atoms with Crippen LogP contribution in [0.5, 0.6) is 0 Å². The zero-order valence-corrected chi connectivity index (χ0v) is 20.6. The molecule has 0 bridgehead atoms. The number of quaternary nitrogens is 1. The van der Waals surface area contributed by atoms with Crippen LogP contribution in [-0.4, -0.2) is 59.5 Å². The molecule has 30 heavy (non-hydrogen) atoms. The monoisotopic (exact) mass is 513 g/mol. The van der Waals surface area contributed by atoms with Crippen molar-refractivity contribution in [2.75, 3.05) is 27.2 Å². The predicted octanol–water partition coefficient (Wildman–Crippen LogP) is 5.32. The van der Waals surface area contributed by atoms with Gasteiger partial charge in [0.25, 0.3) is 0 Å². The Morgan fingerprint density at radius 1 is 0.633 bits per heavy atom. The average molecular weight is 514 g/mol. The Labute approximate surface area is 177 Å². The minimum atomic E-state index is -6.26. The quantitative estimate of drug-likeness (QED) is 0.153. The van der Waals surface area contributed by atoms with E-state index in [0.29, 0.717) is 0 Å². The lowest BCUT2D eigenvalue weighted by Gasteiger charge is -2.30. The highest BCUT2D eigenvalue weighted by molar-refractivity contribution is 8.76. The highest BCUT2D eigenvalue weighted by Crippen LogP contribution is 2.46. The molecule has 0 radical (unpaired) electrons. The molecule has 184 valence electrons. The van der Waals surface area contributed by atoms with Crippen molar-refractivity contribution in [3.8, 4) is 0 Å². The first kappa shape index (κ1) is 32.1. The van der Waals surface area contributed by atoms with Gasteiger partial charge in [-0.25, -0.2) is 0 Å². The van der Waals surface area contributed by atoms with Crippen molar-refractivity contribution >= 4 is 25.9 Å². The number of rotatable bonds is 12. The molecule has 14 heteroatoms. The van der Waals surface area contributed by atoms with Gasteiger partial charge in [-0.3, -0.25) is 0 Å². The van der Waals surface area contributed by atoms with Crippen molar-refractivity contribution in [1.29, 1.82) is 0 Å². The summed E-state index contributed by atoms with van der Waals surface area (Å²) in [5.74, 6) is 0. The maximum atomic E-state index is 11.6. The van der Waals surface area contributed by atoms with Gasteiger partial charge in [-0.1, -0.05) is 39.5 Å². The number of hydrogen-bond donors (Lipinski definition) is 0. The maximum Gasteiger partial charge on any atom is 0.531 e. The van der Waals surface area contributed by atoms with Crippen LogP contribution >= 0.6 is 6.98 Å². The first-order valence-corrected chi connectivity index (χ1v) is 15.5. The Morgan fingerprint density at radius 2 is 0.933 bits per heavy atom. The molecule has 0 amide bonds. The van der Waals surface area contributed by atoms with Gasteiger partial charge in [-0.15, -0.1) is 0 Å². The maximum absolute atomic E-state index is 11.6. The molecule has 0 spiro atoms. The summed E-state index contributed by atoms with van der Waals surface area (Å²) in [6.45, 7) is 3.42. The first-order chi connectivity index (χ1) is 13.3. The van der Waals surface area contributed by atoms with Gasteiger partial charge in [0, 0.05) is 0 Å². The zero-order chi connectivity index (χ0) is 24.3. The van der Waals surface area contributed by atoms with E-state index in [0.717, 1.165) is 0 Å². The van der Waals surface area contributed by atoms with Crippen LogP contribution in [0.3, 0.4) is 0 Å². The predicted molar refractivity (Wildman–Crippen MR) is 110 cm³/mol. The summed E-state index contributed by atoms with van der Waals surface area (Å²) >= 11 is 0. The molecule has 0 aromatic rings. The Hall–Kier alpha value is -0.130. The van der Waals surface area contributed by atoms with E-state index in [1.54, 1.807) is 0 Å². The first-order valence-electron chi connectivity index (χ1n) is 9.62. The summed E-state index contributed by atoms with van der Waals surface area (Å²) in [5, 5.41) is 0. The average Bonchev–Trinajstić information content (AvgIpc) is 2.53. The molecule has 0 aromatic heterocycles. The lowest BCUT2D eigenvalue weighted by Crippen LogP contribution is -2.41. The van der Waals surface area contributed by atoms with Crippen LogP contribution in [0.1, 0.15) is 65.2 Å². The molecule has 0 N–H and O–H groups in total. The van der Waals surface area contributed by atoms with E-state index in [1.807, 2.05) is 0 Å². The number of halogens is 6. The van der Waals surface area contributed by atoms with Gasteiger partial charge in [0.15, 0.2) is 0 Å². The number of unbranched alkanes of at least 4 members (excludes halogenated alkanes) is 6. The standard InChI is InChI=1S/C14H32N.C2HF6O4PS2/c1-5-7-9-11-13-15(3,4)14-12-10-8-6-2;3-1(4,5)14(9,10)13-15(11,12)2(6,7)8/h5-14H2,1-4H3;13H/q+1;/p+1. The van der Waals surface area contributed by atoms with E-state index in [9.17, 15) is 43.2 Å². The summed E-state index contributed by atoms with van der Waals surface area (Å²) in [6.07, 6.45) is 11.2. The van der Waals surface area contributed by atoms with Crippen LogP contribution in [0.2, 0.25) is 0 Å². The van der Waals surface area contributed by atoms with Crippen molar-refractivity contribution in [1.82, 2.24) is 0 Å². The molecular weight excluding hydrogens is 479 g/mol. The summed E-state index contributed by atoms with van der Waals surface area (Å²) in [6, 6.07) is 0. The SMILES string of the molecule is CCCCCC[N+](C)(C)CCCCCC.O=S(=O)([PH2+]S(=O)(=O)C(F)(F)F)C(F)(F)F. The molecule has 0 atom stereocenters. The fourth-order valence-corrected chi connectivity index (χ4v) is 9.49. The summed E-state index contributed by atoms with van der Waals surface area (Å²) < 4.78 is 111. The fraction of sp³-hybridized carbons (Fsp3) is 1.00. The molecular formula is C16H34F6NO4PS2+2. The lowest BCUT2D eigenvalue weighted by atomic mass is 10.1. The van der Waals surface area contributed by atoms with Crippen LogP contribution in [0.4, 0.5) is 26.3 Å². The molecule has 0 aliphatic heterocycles. The van der Waals surface area contributed by atoms with Gasteiger partial charge in [0.05, 0.1) is 27.2 Å². The van der Waals surface area contributed by atoms with Gasteiger partial charge in [0.1, 0.15) is 0 Å². The molecule has 0 heterocycles. The number of hydrogen-bond acceptors (Lipinski definition) is 4. The van der Waals surface area contributed by atoms with Crippen LogP contribution in [0, 0.1) is 0 Å². The van der Waals surface area contributed by atoms with Crippen molar-refractivity contribution < 1.29 is 47.7 Å². The van der Waals surface area contributed by atoms with Crippen molar-refractivity contribution in [2.45, 2.75) is 76.2 Å². The van der Waals surface area contributed by atoms with Crippen LogP contribution in [0.25, 0.3) is 0 Å². The van der Waals surface area contributed by atoms with E-state index in [2.05, 4.69) is 27.9 Å². The summed E-state index contributed by atoms with van der Waals surface area (Å²) in [7, 11) is -7.75. The van der Waals surface area contributed by atoms with Gasteiger partial charge < -0.3 is 4.48 Å². The second kappa shape index (κ2) is 13.4. The molecule has 0 aromatic carbocycles. The fourth-order valence-electron chi connectivity index (χ4n) is 2.32. The van der Waals surface area contributed by atoms with Crippen LogP contribution in [0.15, 0.2) is 0 Å². The van der Waals surface area contributed by atoms with Gasteiger partial charge in [0.2, 0.25) is 6.98 Å². The van der Waals surface area contributed by atoms with Crippen molar-refractivity contribution in [3.63, 3.8) is 0 Å². The van der Waals surface area contributed by atoms with Gasteiger partial charge >= 0.3 is 29.9 Å². The molecule has 0 aliphatic rings. The van der Waals surface area contributed by atoms with E-state index < -0.39 is 36.9 Å². The minimum Gasteiger partial charge on any atom is -0.328 e. The van der Waals surface area contributed by atoms with Gasteiger partial charge in [-0.05, 0) is 25.7 Å². The molecule has 0 aliphatic carbocycles. The van der Waals surface area contributed by atoms with Crippen LogP contribution in [-0.2, 0) is 18.9 Å². The van der Waals surface area contributed by atoms with E-state index in [-0.39, 0.29) is 0 Å². The van der Waals surface area contributed by atoms with Crippen LogP contribution < -0.4 is 0 Å². The third-order valence-electron chi connectivity index (χ3n) is 4.13. The van der Waals surface area contributed by atoms with E-state index in [4.69, 9.17) is 0 Å². The van der Waals surface area contributed by atoms with E-state index in [1.165, 1.54) is 68.9 Å². The number of alkyl halides is 6. The highest BCUT2D eigenvalue weighted by atomic mass is 33.1. The minimum absolute atomic E-state index is 1.23. The Morgan fingerprint density at radius 3 is 1.17 bits per heavy atom. The zero-order valence-electron chi connectivity index (χ0n) is 17.8. The Kier molecular flexibility index (Phi) is 14.3. The van der Waals surface area contributed by atoms with Crippen molar-refractivity contribution in [3.05, 3.63) is 0 Å². The smallest absolute Gasteiger partial charge is 0.328 e. The topological polar surface area (TPSA) is 68.3 Å². The normalized spacial score (nSPS) is 13.7. The molecule has 0 saturated heterocycles. The molecule has 0 rings (SSSR count). The number of nitrogens with zero attached hydrogens (tertiary/aromatic N) is 1. The Balaban J connectivity index is 0. The second-order valence-electron chi connectivity index (χ2n) is 7.58. The molecule has 0 unspecified atom stereocenters. The van der Waals surface area contributed by atoms with E-state index >= 15 is 0 Å². The second-order valence-corrected chi connectivity index (χ2v) is 16.9. The lowest BCUT2D eigenvalue weighted by molar-refractivity contribution is -0.890. The summed E-state index contributed by atoms with van der Waals surface area (Å²) in [5.41, 5.74) is -12.0. The molecule has 0 fully saturated rings. The van der Waals surface area contributed by atoms with Gasteiger partial charge in [-0.2, -0.15) is 43.2 Å². The van der Waals surface area contributed by atoms with Crippen molar-refractivity contribution in [2.24, 2.45) is 0 Å². The third-order valence-corrected chi connectivity index (χ3v) is 13.6. The molecule has 0 saturated carbocycles.